The number of anilines is 2. The number of rotatable bonds is 3. The lowest BCUT2D eigenvalue weighted by atomic mass is 10.0. The van der Waals surface area contributed by atoms with E-state index in [1.165, 1.54) is 17.3 Å². The highest BCUT2D eigenvalue weighted by Gasteiger charge is 2.32. The Morgan fingerprint density at radius 2 is 1.83 bits per heavy atom. The molecular formula is C21H25N7O2. The van der Waals surface area contributed by atoms with Crippen molar-refractivity contribution < 1.29 is 4.92 Å². The van der Waals surface area contributed by atoms with Gasteiger partial charge < -0.3 is 19.7 Å². The van der Waals surface area contributed by atoms with Crippen LogP contribution in [-0.2, 0) is 13.0 Å². The number of aromatic nitrogens is 3. The second kappa shape index (κ2) is 7.56. The van der Waals surface area contributed by atoms with E-state index in [4.69, 9.17) is 0 Å². The standard InChI is InChI=1S/C21H25N7O2/c1-25-8-4-9-26(12-11-25)20-19(28(29)30)21(23-14-22-20)27-10-7-16-15-5-2-3-6-17(15)24-18(16)13-27/h2-3,5-6,14,24H,4,7-13H2,1H3. The van der Waals surface area contributed by atoms with Crippen LogP contribution in [0.25, 0.3) is 10.9 Å². The molecule has 5 rings (SSSR count). The van der Waals surface area contributed by atoms with Crippen molar-refractivity contribution >= 4 is 28.2 Å². The zero-order valence-corrected chi connectivity index (χ0v) is 17.0. The fourth-order valence-electron chi connectivity index (χ4n) is 4.62. The molecule has 0 spiro atoms. The van der Waals surface area contributed by atoms with Crippen LogP contribution in [0.5, 0.6) is 0 Å². The summed E-state index contributed by atoms with van der Waals surface area (Å²) < 4.78 is 0. The summed E-state index contributed by atoms with van der Waals surface area (Å²) in [4.78, 5) is 30.3. The Morgan fingerprint density at radius 1 is 1.03 bits per heavy atom. The number of likely N-dealkylation sites (N-methyl/N-ethyl adjacent to an activating group) is 1. The van der Waals surface area contributed by atoms with Crippen LogP contribution in [-0.4, -0.2) is 64.5 Å². The summed E-state index contributed by atoms with van der Waals surface area (Å²) in [7, 11) is 2.08. The third-order valence-corrected chi connectivity index (χ3v) is 6.17. The number of aromatic amines is 1. The van der Waals surface area contributed by atoms with E-state index in [9.17, 15) is 10.1 Å². The summed E-state index contributed by atoms with van der Waals surface area (Å²) in [6.45, 7) is 4.59. The summed E-state index contributed by atoms with van der Waals surface area (Å²) in [6.07, 6.45) is 3.24. The molecule has 0 saturated carbocycles. The number of nitrogens with one attached hydrogen (secondary N) is 1. The molecule has 4 heterocycles. The van der Waals surface area contributed by atoms with Gasteiger partial charge in [-0.15, -0.1) is 0 Å². The van der Waals surface area contributed by atoms with Gasteiger partial charge in [-0.05, 0) is 38.1 Å². The summed E-state index contributed by atoms with van der Waals surface area (Å²) in [6, 6.07) is 8.26. The van der Waals surface area contributed by atoms with Gasteiger partial charge in [-0.1, -0.05) is 18.2 Å². The normalized spacial score (nSPS) is 17.8. The molecule has 2 aromatic heterocycles. The van der Waals surface area contributed by atoms with Crippen LogP contribution in [0.2, 0.25) is 0 Å². The second-order valence-corrected chi connectivity index (χ2v) is 8.07. The molecule has 9 heteroatoms. The van der Waals surface area contributed by atoms with Crippen molar-refractivity contribution in [3.8, 4) is 0 Å². The van der Waals surface area contributed by atoms with Crippen LogP contribution < -0.4 is 9.80 Å². The van der Waals surface area contributed by atoms with E-state index in [0.29, 0.717) is 24.7 Å². The van der Waals surface area contributed by atoms with E-state index in [1.807, 2.05) is 21.9 Å². The Morgan fingerprint density at radius 3 is 2.67 bits per heavy atom. The molecule has 1 N–H and O–H groups in total. The van der Waals surface area contributed by atoms with Crippen LogP contribution >= 0.6 is 0 Å². The summed E-state index contributed by atoms with van der Waals surface area (Å²) >= 11 is 0. The van der Waals surface area contributed by atoms with E-state index in [1.54, 1.807) is 0 Å². The summed E-state index contributed by atoms with van der Waals surface area (Å²) in [5.74, 6) is 0.842. The van der Waals surface area contributed by atoms with Gasteiger partial charge in [0.1, 0.15) is 6.33 Å². The molecule has 1 fully saturated rings. The lowest BCUT2D eigenvalue weighted by molar-refractivity contribution is -0.383. The monoisotopic (exact) mass is 407 g/mol. The van der Waals surface area contributed by atoms with E-state index in [0.717, 1.165) is 50.2 Å². The Labute approximate surface area is 174 Å². The molecule has 1 aromatic carbocycles. The minimum atomic E-state index is -0.319. The molecule has 0 atom stereocenters. The van der Waals surface area contributed by atoms with Gasteiger partial charge >= 0.3 is 5.69 Å². The molecular weight excluding hydrogens is 382 g/mol. The van der Waals surface area contributed by atoms with Gasteiger partial charge in [0, 0.05) is 42.8 Å². The largest absolute Gasteiger partial charge is 0.357 e. The highest BCUT2D eigenvalue weighted by molar-refractivity contribution is 5.85. The first-order valence-corrected chi connectivity index (χ1v) is 10.4. The van der Waals surface area contributed by atoms with Gasteiger partial charge in [0.25, 0.3) is 0 Å². The first-order valence-electron chi connectivity index (χ1n) is 10.4. The zero-order valence-electron chi connectivity index (χ0n) is 17.0. The average Bonchev–Trinajstić information content (AvgIpc) is 2.99. The molecule has 2 aliphatic heterocycles. The number of hydrogen-bond acceptors (Lipinski definition) is 7. The fraction of sp³-hybridized carbons (Fsp3) is 0.429. The highest BCUT2D eigenvalue weighted by Crippen LogP contribution is 2.37. The Bertz CT molecular complexity index is 1100. The maximum absolute atomic E-state index is 12.1. The zero-order chi connectivity index (χ0) is 20.7. The van der Waals surface area contributed by atoms with Crippen LogP contribution in [0.3, 0.4) is 0 Å². The SMILES string of the molecule is CN1CCCN(c2ncnc(N3CCc4c([nH]c5ccccc45)C3)c2[N+](=O)[O-])CC1. The molecule has 0 radical (unpaired) electrons. The minimum absolute atomic E-state index is 0.0154. The van der Waals surface area contributed by atoms with E-state index >= 15 is 0 Å². The van der Waals surface area contributed by atoms with Gasteiger partial charge in [0.05, 0.1) is 11.5 Å². The van der Waals surface area contributed by atoms with Crippen LogP contribution in [0, 0.1) is 10.1 Å². The number of para-hydroxylation sites is 1. The maximum atomic E-state index is 12.1. The maximum Gasteiger partial charge on any atom is 0.353 e. The minimum Gasteiger partial charge on any atom is -0.357 e. The van der Waals surface area contributed by atoms with Crippen molar-refractivity contribution in [1.82, 2.24) is 19.9 Å². The van der Waals surface area contributed by atoms with Crippen molar-refractivity contribution in [2.75, 3.05) is 49.6 Å². The smallest absolute Gasteiger partial charge is 0.353 e. The Kier molecular flexibility index (Phi) is 4.74. The van der Waals surface area contributed by atoms with E-state index < -0.39 is 0 Å². The fourth-order valence-corrected chi connectivity index (χ4v) is 4.62. The van der Waals surface area contributed by atoms with E-state index in [-0.39, 0.29) is 10.6 Å². The quantitative estimate of drug-likeness (QED) is 0.527. The number of nitro groups is 1. The highest BCUT2D eigenvalue weighted by atomic mass is 16.6. The van der Waals surface area contributed by atoms with Crippen molar-refractivity contribution in [1.29, 1.82) is 0 Å². The molecule has 156 valence electrons. The average molecular weight is 407 g/mol. The topological polar surface area (TPSA) is 94.4 Å². The van der Waals surface area contributed by atoms with Crippen molar-refractivity contribution in [3.63, 3.8) is 0 Å². The third-order valence-electron chi connectivity index (χ3n) is 6.17. The lowest BCUT2D eigenvalue weighted by Gasteiger charge is -2.29. The summed E-state index contributed by atoms with van der Waals surface area (Å²) in [5.41, 5.74) is 3.53. The van der Waals surface area contributed by atoms with Crippen molar-refractivity contribution in [2.45, 2.75) is 19.4 Å². The number of fused-ring (bicyclic) bond motifs is 3. The van der Waals surface area contributed by atoms with Crippen molar-refractivity contribution in [2.24, 2.45) is 0 Å². The number of nitrogens with zero attached hydrogens (tertiary/aromatic N) is 6. The molecule has 0 bridgehead atoms. The Hall–Kier alpha value is -3.20. The van der Waals surface area contributed by atoms with Crippen LogP contribution in [0.1, 0.15) is 17.7 Å². The predicted molar refractivity (Wildman–Crippen MR) is 116 cm³/mol. The molecule has 2 aliphatic rings. The van der Waals surface area contributed by atoms with Gasteiger partial charge in [0.2, 0.25) is 11.6 Å². The number of hydrogen-bond donors (Lipinski definition) is 1. The predicted octanol–water partition coefficient (Wildman–Crippen LogP) is 2.57. The first-order chi connectivity index (χ1) is 14.6. The molecule has 9 nitrogen and oxygen atoms in total. The van der Waals surface area contributed by atoms with Crippen molar-refractivity contribution in [3.05, 3.63) is 52.0 Å². The van der Waals surface area contributed by atoms with Gasteiger partial charge in [-0.2, -0.15) is 0 Å². The van der Waals surface area contributed by atoms with E-state index in [2.05, 4.69) is 39.0 Å². The number of benzene rings is 1. The molecule has 1 saturated heterocycles. The second-order valence-electron chi connectivity index (χ2n) is 8.07. The molecule has 3 aromatic rings. The molecule has 0 aliphatic carbocycles. The van der Waals surface area contributed by atoms with Crippen LogP contribution in [0.4, 0.5) is 17.3 Å². The molecule has 0 amide bonds. The number of H-pyrrole nitrogens is 1. The van der Waals surface area contributed by atoms with Gasteiger partial charge in [0.15, 0.2) is 0 Å². The van der Waals surface area contributed by atoms with Gasteiger partial charge in [-0.25, -0.2) is 9.97 Å². The lowest BCUT2D eigenvalue weighted by Crippen LogP contribution is -2.33. The first kappa shape index (κ1) is 18.8. The molecule has 0 unspecified atom stereocenters. The summed E-state index contributed by atoms with van der Waals surface area (Å²) in [5, 5.41) is 13.4. The Balaban J connectivity index is 1.51. The third kappa shape index (κ3) is 3.24. The molecule has 30 heavy (non-hydrogen) atoms. The van der Waals surface area contributed by atoms with Gasteiger partial charge in [-0.3, -0.25) is 10.1 Å². The van der Waals surface area contributed by atoms with Crippen LogP contribution in [0.15, 0.2) is 30.6 Å².